The molecule has 6 nitrogen and oxygen atoms in total. The summed E-state index contributed by atoms with van der Waals surface area (Å²) in [6, 6.07) is 29.1. The Labute approximate surface area is 382 Å². The molecule has 0 fully saturated rings. The minimum absolute atomic E-state index is 0.0648. The van der Waals surface area contributed by atoms with Crippen LogP contribution in [0.15, 0.2) is 91.4 Å². The second-order valence-electron chi connectivity index (χ2n) is 22.0. The average molecular weight is 1070 g/mol. The van der Waals surface area contributed by atoms with Crippen molar-refractivity contribution in [2.24, 2.45) is 16.2 Å². The molecule has 0 amide bonds. The molecule has 0 N–H and O–H groups in total. The third-order valence-corrected chi connectivity index (χ3v) is 23.4. The molecule has 0 aliphatic rings. The molecule has 0 saturated carbocycles. The van der Waals surface area contributed by atoms with E-state index in [-0.39, 0.29) is 34.9 Å². The first kappa shape index (κ1) is 48.2. The summed E-state index contributed by atoms with van der Waals surface area (Å²) in [7, 11) is -3.79. The number of aromatic nitrogens is 3. The Balaban J connectivity index is 1.45. The van der Waals surface area contributed by atoms with E-state index in [2.05, 4.69) is 207 Å². The number of nitrogens with zero attached hydrogens (tertiary/aromatic N) is 3. The fourth-order valence-corrected chi connectivity index (χ4v) is 20.4. The monoisotopic (exact) mass is 1070 g/mol. The van der Waals surface area contributed by atoms with Gasteiger partial charge in [-0.3, -0.25) is 0 Å². The third-order valence-electron chi connectivity index (χ3n) is 11.5. The average Bonchev–Trinajstić information content (AvgIpc) is 3.89. The van der Waals surface area contributed by atoms with Crippen LogP contribution in [0, 0.1) is 16.2 Å². The van der Waals surface area contributed by atoms with Crippen molar-refractivity contribution in [3.05, 3.63) is 91.4 Å². The van der Waals surface area contributed by atoms with Gasteiger partial charge in [-0.2, -0.15) is 0 Å². The predicted octanol–water partition coefficient (Wildman–Crippen LogP) is 12.0. The van der Waals surface area contributed by atoms with Gasteiger partial charge in [-0.25, -0.2) is 0 Å². The molecule has 0 bridgehead atoms. The Bertz CT molecular complexity index is 2100. The Morgan fingerprint density at radius 1 is 0.426 bits per heavy atom. The quantitative estimate of drug-likeness (QED) is 0.0806. The van der Waals surface area contributed by atoms with Crippen molar-refractivity contribution >= 4 is 91.4 Å². The topological polar surface area (TPSA) is 42.5 Å². The van der Waals surface area contributed by atoms with E-state index in [1.807, 2.05) is 0 Å². The standard InChI is InChI=1S/3C17H26NOSi.Bi/c3*1-17(2,3)12-10-16(19-20(4)5)18-13-11-14-8-6-7-9-15(14)18;/h3*7-9,11,13,16,20H,10,12H2,1-5H3;. The second-order valence-corrected chi connectivity index (χ2v) is 37.7. The first-order chi connectivity index (χ1) is 28.5. The van der Waals surface area contributed by atoms with Crippen LogP contribution in [0.5, 0.6) is 0 Å². The number of rotatable bonds is 18. The summed E-state index contributed by atoms with van der Waals surface area (Å²) in [6.45, 7) is 34.8. The van der Waals surface area contributed by atoms with Gasteiger partial charge in [0.15, 0.2) is 0 Å². The molecule has 3 aromatic carbocycles. The number of hydrogen-bond donors (Lipinski definition) is 0. The van der Waals surface area contributed by atoms with Gasteiger partial charge in [0.1, 0.15) is 0 Å². The van der Waals surface area contributed by atoms with E-state index in [4.69, 9.17) is 13.3 Å². The summed E-state index contributed by atoms with van der Waals surface area (Å²) in [4.78, 5) is 0. The molecule has 6 rings (SSSR count). The SMILES string of the molecule is C[SiH](C)OC(CCC(C)(C)C)n1ccc2c[c]([Bi]([c]3ccc4c(ccn4C(CCC(C)(C)C)O[SiH](C)C)c3)[c]3ccc4c(ccn4C(CCC(C)(C)C)O[SiH](C)C)c3)ccc21. The number of benzene rings is 3. The van der Waals surface area contributed by atoms with Crippen molar-refractivity contribution in [2.45, 2.75) is 159 Å². The Morgan fingerprint density at radius 2 is 0.689 bits per heavy atom. The first-order valence-corrected chi connectivity index (χ1v) is 36.7. The summed E-state index contributed by atoms with van der Waals surface area (Å²) in [5, 5.41) is 3.92. The summed E-state index contributed by atoms with van der Waals surface area (Å²) in [5.41, 5.74) is 4.59. The fourth-order valence-electron chi connectivity index (χ4n) is 8.50. The van der Waals surface area contributed by atoms with Crippen molar-refractivity contribution in [3.63, 3.8) is 0 Å². The maximum absolute atomic E-state index is 6.74. The van der Waals surface area contributed by atoms with Crippen LogP contribution >= 0.6 is 0 Å². The van der Waals surface area contributed by atoms with Crippen LogP contribution in [0.2, 0.25) is 39.3 Å². The zero-order valence-corrected chi connectivity index (χ0v) is 47.3. The molecule has 3 atom stereocenters. The van der Waals surface area contributed by atoms with Crippen LogP contribution in [0.25, 0.3) is 32.7 Å². The Kier molecular flexibility index (Phi) is 15.7. The third kappa shape index (κ3) is 12.9. The van der Waals surface area contributed by atoms with Crippen LogP contribution < -0.4 is 9.81 Å². The van der Waals surface area contributed by atoms with Crippen LogP contribution in [-0.2, 0) is 13.3 Å². The first-order valence-electron chi connectivity index (χ1n) is 23.1. The minimum atomic E-state index is -2.89. The molecule has 61 heavy (non-hydrogen) atoms. The van der Waals surface area contributed by atoms with Gasteiger partial charge in [0, 0.05) is 0 Å². The molecule has 332 valence electrons. The van der Waals surface area contributed by atoms with Gasteiger partial charge in [-0.1, -0.05) is 0 Å². The molecule has 10 heteroatoms. The van der Waals surface area contributed by atoms with Gasteiger partial charge >= 0.3 is 385 Å². The summed E-state index contributed by atoms with van der Waals surface area (Å²) >= 11 is -2.89. The molecular weight excluding hydrogens is 996 g/mol. The molecule has 0 aliphatic carbocycles. The van der Waals surface area contributed by atoms with Crippen molar-refractivity contribution in [3.8, 4) is 0 Å². The predicted molar refractivity (Wildman–Crippen MR) is 274 cm³/mol. The van der Waals surface area contributed by atoms with Crippen LogP contribution in [0.1, 0.15) is 120 Å². The molecule has 0 radical (unpaired) electrons. The number of hydrogen-bond acceptors (Lipinski definition) is 3. The zero-order chi connectivity index (χ0) is 44.4. The second kappa shape index (κ2) is 19.8. The van der Waals surface area contributed by atoms with Crippen molar-refractivity contribution < 1.29 is 13.3 Å². The van der Waals surface area contributed by atoms with E-state index in [0.29, 0.717) is 0 Å². The molecule has 3 heterocycles. The Hall–Kier alpha value is -2.31. The van der Waals surface area contributed by atoms with E-state index >= 15 is 0 Å². The molecule has 3 unspecified atom stereocenters. The van der Waals surface area contributed by atoms with Gasteiger partial charge < -0.3 is 0 Å². The van der Waals surface area contributed by atoms with Crippen LogP contribution in [-0.4, -0.2) is 62.6 Å². The van der Waals surface area contributed by atoms with E-state index in [1.54, 1.807) is 0 Å². The summed E-state index contributed by atoms with van der Waals surface area (Å²) in [5.74, 6) is 0. The van der Waals surface area contributed by atoms with Gasteiger partial charge in [-0.05, 0) is 0 Å². The maximum atomic E-state index is 6.74. The molecule has 0 spiro atoms. The van der Waals surface area contributed by atoms with Gasteiger partial charge in [0.25, 0.3) is 0 Å². The summed E-state index contributed by atoms with van der Waals surface area (Å²) in [6.07, 6.45) is 13.4. The van der Waals surface area contributed by atoms with E-state index in [0.717, 1.165) is 38.5 Å². The van der Waals surface area contributed by atoms with E-state index in [9.17, 15) is 0 Å². The van der Waals surface area contributed by atoms with E-state index in [1.165, 1.54) is 42.5 Å². The van der Waals surface area contributed by atoms with Gasteiger partial charge in [-0.15, -0.1) is 0 Å². The van der Waals surface area contributed by atoms with Crippen molar-refractivity contribution in [2.75, 3.05) is 0 Å². The number of fused-ring (bicyclic) bond motifs is 3. The van der Waals surface area contributed by atoms with Gasteiger partial charge in [0.05, 0.1) is 0 Å². The van der Waals surface area contributed by atoms with E-state index < -0.39 is 48.9 Å². The van der Waals surface area contributed by atoms with Crippen LogP contribution in [0.4, 0.5) is 0 Å². The molecule has 0 saturated heterocycles. The fraction of sp³-hybridized carbons (Fsp3) is 0.529. The zero-order valence-electron chi connectivity index (χ0n) is 40.4. The van der Waals surface area contributed by atoms with Crippen LogP contribution in [0.3, 0.4) is 0 Å². The van der Waals surface area contributed by atoms with Crippen molar-refractivity contribution in [1.29, 1.82) is 0 Å². The molecule has 6 aromatic rings. The Morgan fingerprint density at radius 3 is 0.918 bits per heavy atom. The molecule has 0 aliphatic heterocycles. The van der Waals surface area contributed by atoms with Crippen molar-refractivity contribution in [1.82, 2.24) is 13.7 Å². The normalized spacial score (nSPS) is 14.8. The summed E-state index contributed by atoms with van der Waals surface area (Å²) < 4.78 is 32.0. The molecule has 3 aromatic heterocycles. The molecular formula is C51H78BiN3O3Si3. The van der Waals surface area contributed by atoms with Gasteiger partial charge in [0.2, 0.25) is 0 Å².